The maximum absolute atomic E-state index is 13.9. The number of ether oxygens (including phenoxy) is 10. The van der Waals surface area contributed by atoms with E-state index in [9.17, 15) is 55.5 Å². The lowest BCUT2D eigenvalue weighted by molar-refractivity contribution is -0.160. The number of allylic oxidation sites excluding steroid dienone is 4. The molecule has 5 aliphatic rings. The number of aliphatic hydroxyl groups excluding tert-OH is 9. The Hall–Kier alpha value is -3.30. The zero-order valence-electron chi connectivity index (χ0n) is 62.6. The minimum atomic E-state index is -1.22. The van der Waals surface area contributed by atoms with Crippen molar-refractivity contribution in [3.8, 4) is 0 Å². The van der Waals surface area contributed by atoms with Crippen LogP contribution in [-0.2, 0) is 57.0 Å². The first-order chi connectivity index (χ1) is 46.8. The summed E-state index contributed by atoms with van der Waals surface area (Å²) in [5, 5.41) is 106. The summed E-state index contributed by atoms with van der Waals surface area (Å²) in [5.41, 5.74) is 1.35. The Morgan fingerprint density at radius 1 is 0.475 bits per heavy atom. The van der Waals surface area contributed by atoms with E-state index in [0.29, 0.717) is 62.5 Å². The predicted molar refractivity (Wildman–Crippen MR) is 379 cm³/mol. The van der Waals surface area contributed by atoms with Crippen LogP contribution < -0.4 is 0 Å². The van der Waals surface area contributed by atoms with Crippen molar-refractivity contribution in [1.82, 2.24) is 0 Å². The SMILES string of the molecule is CO[C@@H]1C[C@H](C)O[C@@H](C(O)C[C@H](C)[C@H](O)[C@H](C)[C@H]2OC(=O)/C=C\C(C)=C\C[C@H](O)C[C@@H]3C=CC[C@@H](C[C@H](OC)[C@@H](C)[C@@H](O)C[C@@H](O)[C@H](C)[C@@H]([C@@H](C)[C@@H](O)[C@@H](C)CC[C@H]4C[C@H](OC)C[C@H](C)O4)OC(=O)/C=C\C(C)=C\C[C@H](O)C[C@@H]4C=CC[C@@H](C[C@H](OC)[C@@H](C)[C@@H](O)C[C@@H](O)[C@@H]2C)O4)O3)C1. The quantitative estimate of drug-likeness (QED) is 0.0514. The molecule has 0 amide bonds. The monoisotopic (exact) mass is 1400 g/mol. The van der Waals surface area contributed by atoms with Crippen molar-refractivity contribution in [2.45, 2.75) is 333 Å². The standard InChI is InChI=1S/C78H132O21/c1-44-23-28-56(79)36-58-20-18-22-61(97-58)40-71(93-16)51(8)66(82)43-68(84)53(10)78(55(12)76(89)47(4)33-69(85)72-41-64(91-14)35-49(6)95-72)99-74(87)32-26-45(2)24-29-57(80)37-59-19-17-21-60(96-59)39-70(92-15)50(7)65(81)42-67(83)52(9)77(98-73(86)31-25-44)54(11)75(88)46(3)27-30-62-38-63(90-13)34-48(5)94-62/h17-20,23-26,31-32,46-72,75-85,88-89H,21-22,27-30,33-43H2,1-16H3/b31-25-,32-26-,44-23+,45-24+/t46-,47-,48-,49-,50-,51-,52-,53-,54-,55-,56-,57-,58-,59-,60-,61-,62-,63+,64+,65-,66-,67+,68+,69?,70-,71-,72+,75-,76-,77-,78-/m0/s1. The van der Waals surface area contributed by atoms with Crippen LogP contribution >= 0.6 is 0 Å². The summed E-state index contributed by atoms with van der Waals surface area (Å²) < 4.78 is 61.1. The summed E-state index contributed by atoms with van der Waals surface area (Å²) in [6.07, 6.45) is 9.95. The van der Waals surface area contributed by atoms with E-state index >= 15 is 0 Å². The van der Waals surface area contributed by atoms with Gasteiger partial charge in [-0.2, -0.15) is 0 Å². The maximum atomic E-state index is 13.9. The molecule has 0 aromatic rings. The zero-order chi connectivity index (χ0) is 73.4. The van der Waals surface area contributed by atoms with Gasteiger partial charge in [-0.1, -0.05) is 115 Å². The molecule has 2 saturated heterocycles. The van der Waals surface area contributed by atoms with Crippen LogP contribution in [0.5, 0.6) is 0 Å². The third-order valence-corrected chi connectivity index (χ3v) is 22.3. The van der Waals surface area contributed by atoms with Gasteiger partial charge in [0.05, 0.1) is 128 Å². The first kappa shape index (κ1) is 86.3. The zero-order valence-corrected chi connectivity index (χ0v) is 62.6. The Morgan fingerprint density at radius 2 is 0.889 bits per heavy atom. The number of aliphatic hydroxyl groups is 9. The molecule has 570 valence electrons. The number of carbonyl (C=O) groups is 2. The molecule has 1 unspecified atom stereocenters. The van der Waals surface area contributed by atoms with Crippen molar-refractivity contribution in [3.63, 3.8) is 0 Å². The summed E-state index contributed by atoms with van der Waals surface area (Å²) >= 11 is 0. The summed E-state index contributed by atoms with van der Waals surface area (Å²) in [6.45, 7) is 22.1. The van der Waals surface area contributed by atoms with Crippen LogP contribution in [0.2, 0.25) is 0 Å². The molecule has 0 saturated carbocycles. The van der Waals surface area contributed by atoms with Gasteiger partial charge in [0.25, 0.3) is 0 Å². The van der Waals surface area contributed by atoms with Gasteiger partial charge in [-0.25, -0.2) is 9.59 Å². The van der Waals surface area contributed by atoms with Crippen molar-refractivity contribution < 1.29 is 103 Å². The van der Waals surface area contributed by atoms with Gasteiger partial charge in [0.2, 0.25) is 0 Å². The normalized spacial score (nSPS) is 41.1. The van der Waals surface area contributed by atoms with Gasteiger partial charge in [-0.15, -0.1) is 0 Å². The van der Waals surface area contributed by atoms with E-state index in [4.69, 9.17) is 47.4 Å². The van der Waals surface area contributed by atoms with Gasteiger partial charge in [0, 0.05) is 108 Å². The number of fused-ring (bicyclic) bond motifs is 4. The molecule has 4 bridgehead atoms. The highest BCUT2D eigenvalue weighted by Gasteiger charge is 2.43. The van der Waals surface area contributed by atoms with Gasteiger partial charge in [-0.05, 0) is 117 Å². The van der Waals surface area contributed by atoms with Crippen molar-refractivity contribution in [2.24, 2.45) is 47.3 Å². The smallest absolute Gasteiger partial charge is 0.331 e. The molecular formula is C78H132O21. The molecule has 21 nitrogen and oxygen atoms in total. The van der Waals surface area contributed by atoms with Crippen LogP contribution in [0.3, 0.4) is 0 Å². The highest BCUT2D eigenvalue weighted by molar-refractivity contribution is 5.83. The Kier molecular flexibility index (Phi) is 37.7. The Labute approximate surface area is 592 Å². The van der Waals surface area contributed by atoms with E-state index in [-0.39, 0.29) is 93.6 Å². The number of hydrogen-bond acceptors (Lipinski definition) is 21. The molecule has 31 atom stereocenters. The molecule has 5 heterocycles. The molecule has 0 aromatic heterocycles. The molecular weight excluding hydrogens is 1270 g/mol. The number of esters is 2. The highest BCUT2D eigenvalue weighted by Crippen LogP contribution is 2.37. The fourth-order valence-electron chi connectivity index (χ4n) is 15.4. The lowest BCUT2D eigenvalue weighted by atomic mass is 9.78. The van der Waals surface area contributed by atoms with Crippen molar-refractivity contribution >= 4 is 11.9 Å². The van der Waals surface area contributed by atoms with Crippen molar-refractivity contribution in [2.75, 3.05) is 28.4 Å². The van der Waals surface area contributed by atoms with Crippen LogP contribution in [0, 0.1) is 47.3 Å². The van der Waals surface area contributed by atoms with E-state index in [1.165, 1.54) is 12.2 Å². The highest BCUT2D eigenvalue weighted by atomic mass is 16.6. The lowest BCUT2D eigenvalue weighted by Gasteiger charge is -2.39. The summed E-state index contributed by atoms with van der Waals surface area (Å²) in [6, 6.07) is 0. The van der Waals surface area contributed by atoms with Gasteiger partial charge in [0.15, 0.2) is 0 Å². The van der Waals surface area contributed by atoms with Crippen LogP contribution in [0.1, 0.15) is 192 Å². The predicted octanol–water partition coefficient (Wildman–Crippen LogP) is 9.08. The first-order valence-corrected chi connectivity index (χ1v) is 37.1. The second kappa shape index (κ2) is 43.2. The van der Waals surface area contributed by atoms with Gasteiger partial charge < -0.3 is 93.3 Å². The fourth-order valence-corrected chi connectivity index (χ4v) is 15.4. The summed E-state index contributed by atoms with van der Waals surface area (Å²) in [5.74, 6) is -6.08. The lowest BCUT2D eigenvalue weighted by Crippen LogP contribution is -2.47. The Bertz CT molecular complexity index is 2520. The third kappa shape index (κ3) is 28.3. The van der Waals surface area contributed by atoms with E-state index in [2.05, 4.69) is 0 Å². The minimum absolute atomic E-state index is 0.0334. The second-order valence-electron chi connectivity index (χ2n) is 30.5. The third-order valence-electron chi connectivity index (χ3n) is 22.3. The molecule has 21 heteroatoms. The molecule has 2 fully saturated rings. The number of methoxy groups -OCH3 is 4. The molecule has 0 aliphatic carbocycles. The summed E-state index contributed by atoms with van der Waals surface area (Å²) in [4.78, 5) is 27.8. The van der Waals surface area contributed by atoms with Crippen LogP contribution in [-0.4, -0.2) is 227 Å². The first-order valence-electron chi connectivity index (χ1n) is 37.1. The molecule has 0 spiro atoms. The molecule has 5 aliphatic heterocycles. The molecule has 0 aromatic carbocycles. The molecule has 0 radical (unpaired) electrons. The van der Waals surface area contributed by atoms with E-state index in [1.54, 1.807) is 81.3 Å². The number of cyclic esters (lactones) is 2. The van der Waals surface area contributed by atoms with E-state index < -0.39 is 151 Å². The van der Waals surface area contributed by atoms with Gasteiger partial charge >= 0.3 is 11.9 Å². The maximum Gasteiger partial charge on any atom is 0.331 e. The second-order valence-corrected chi connectivity index (χ2v) is 30.5. The van der Waals surface area contributed by atoms with Crippen LogP contribution in [0.25, 0.3) is 0 Å². The van der Waals surface area contributed by atoms with E-state index in [0.717, 1.165) is 12.8 Å². The molecule has 5 rings (SSSR count). The number of rotatable bonds is 16. The minimum Gasteiger partial charge on any atom is -0.458 e. The fraction of sp³-hybridized carbons (Fsp3) is 0.821. The topological polar surface area (TPSA) is 309 Å². The van der Waals surface area contributed by atoms with E-state index in [1.807, 2.05) is 78.8 Å². The van der Waals surface area contributed by atoms with Crippen molar-refractivity contribution in [3.05, 3.63) is 71.9 Å². The van der Waals surface area contributed by atoms with Gasteiger partial charge in [0.1, 0.15) is 12.2 Å². The van der Waals surface area contributed by atoms with Gasteiger partial charge in [-0.3, -0.25) is 0 Å². The number of hydrogen-bond donors (Lipinski definition) is 9. The largest absolute Gasteiger partial charge is 0.458 e. The van der Waals surface area contributed by atoms with Crippen molar-refractivity contribution in [1.29, 1.82) is 0 Å². The Balaban J connectivity index is 1.37. The average Bonchev–Trinajstić information content (AvgIpc) is 0.855. The van der Waals surface area contributed by atoms with Crippen LogP contribution in [0.15, 0.2) is 71.9 Å². The molecule has 9 N–H and O–H groups in total. The number of carbonyl (C=O) groups excluding carboxylic acids is 2. The molecule has 99 heavy (non-hydrogen) atoms. The summed E-state index contributed by atoms with van der Waals surface area (Å²) in [7, 11) is 6.48. The Morgan fingerprint density at radius 3 is 1.32 bits per heavy atom. The van der Waals surface area contributed by atoms with Crippen LogP contribution in [0.4, 0.5) is 0 Å². The average molecular weight is 1410 g/mol.